The summed E-state index contributed by atoms with van der Waals surface area (Å²) in [7, 11) is -2.64. The summed E-state index contributed by atoms with van der Waals surface area (Å²) < 4.78 is 34.4. The summed E-state index contributed by atoms with van der Waals surface area (Å²) in [6.45, 7) is 3.25. The minimum Gasteiger partial charge on any atom is -0.497 e. The molecular weight excluding hydrogens is 538 g/mol. The fraction of sp³-hybridized carbons (Fsp3) is 0.375. The number of rotatable bonds is 11. The normalized spacial score (nSPS) is 14.6. The largest absolute Gasteiger partial charge is 0.497 e. The molecule has 4 rings (SSSR count). The van der Waals surface area contributed by atoms with Gasteiger partial charge in [0.25, 0.3) is 10.0 Å². The maximum absolute atomic E-state index is 14.1. The number of nitrogens with one attached hydrogen (secondary N) is 1. The summed E-state index contributed by atoms with van der Waals surface area (Å²) in [6.07, 6.45) is 5.14. The van der Waals surface area contributed by atoms with Gasteiger partial charge in [0.1, 0.15) is 18.3 Å². The first-order valence-corrected chi connectivity index (χ1v) is 15.5. The number of ether oxygens (including phenoxy) is 1. The van der Waals surface area contributed by atoms with E-state index in [2.05, 4.69) is 5.32 Å². The van der Waals surface area contributed by atoms with Gasteiger partial charge in [-0.15, -0.1) is 0 Å². The Morgan fingerprint density at radius 2 is 1.63 bits per heavy atom. The first-order chi connectivity index (χ1) is 19.7. The van der Waals surface area contributed by atoms with Crippen molar-refractivity contribution in [3.8, 4) is 5.75 Å². The van der Waals surface area contributed by atoms with Gasteiger partial charge in [0.2, 0.25) is 11.8 Å². The van der Waals surface area contributed by atoms with Crippen LogP contribution in [0.15, 0.2) is 83.8 Å². The van der Waals surface area contributed by atoms with E-state index in [1.165, 1.54) is 24.1 Å². The van der Waals surface area contributed by atoms with Crippen LogP contribution in [0, 0.1) is 6.92 Å². The van der Waals surface area contributed by atoms with E-state index < -0.39 is 28.5 Å². The van der Waals surface area contributed by atoms with Gasteiger partial charge in [-0.05, 0) is 56.5 Å². The Hall–Kier alpha value is -3.85. The van der Waals surface area contributed by atoms with Crippen LogP contribution in [0.1, 0.15) is 50.2 Å². The van der Waals surface area contributed by atoms with Gasteiger partial charge in [-0.3, -0.25) is 13.9 Å². The Balaban J connectivity index is 1.67. The third-order valence-electron chi connectivity index (χ3n) is 7.54. The highest BCUT2D eigenvalue weighted by atomic mass is 32.2. The van der Waals surface area contributed by atoms with Crippen LogP contribution in [0.5, 0.6) is 5.75 Å². The number of aryl methyl sites for hydroxylation is 1. The van der Waals surface area contributed by atoms with Crippen molar-refractivity contribution in [2.75, 3.05) is 18.0 Å². The molecule has 1 saturated carbocycles. The lowest BCUT2D eigenvalue weighted by atomic mass is 9.95. The van der Waals surface area contributed by atoms with Crippen molar-refractivity contribution in [3.05, 3.63) is 90.0 Å². The number of hydrogen-bond donors (Lipinski definition) is 1. The molecule has 0 radical (unpaired) electrons. The molecule has 2 amide bonds. The number of benzene rings is 3. The molecule has 3 aromatic carbocycles. The predicted octanol–water partition coefficient (Wildman–Crippen LogP) is 5.07. The smallest absolute Gasteiger partial charge is 0.264 e. The lowest BCUT2D eigenvalue weighted by molar-refractivity contribution is -0.139. The standard InChI is InChI=1S/C32H39N3O5S/c1-24-17-19-30(20-18-24)41(38,39)35(28-15-10-16-29(21-28)40-3)23-31(36)34(22-26-11-6-4-7-12-26)25(2)32(37)33-27-13-8-5-9-14-27/h4,6-7,10-12,15-21,25,27H,5,8-9,13-14,22-23H2,1-3H3,(H,33,37)/t25-/m0/s1. The van der Waals surface area contributed by atoms with Crippen LogP contribution in [-0.4, -0.2) is 50.9 Å². The van der Waals surface area contributed by atoms with Crippen LogP contribution in [-0.2, 0) is 26.2 Å². The fourth-order valence-electron chi connectivity index (χ4n) is 5.06. The molecule has 0 unspecified atom stereocenters. The van der Waals surface area contributed by atoms with Crippen LogP contribution < -0.4 is 14.4 Å². The number of nitrogens with zero attached hydrogens (tertiary/aromatic N) is 2. The van der Waals surface area contributed by atoms with Gasteiger partial charge in [-0.2, -0.15) is 0 Å². The summed E-state index contributed by atoms with van der Waals surface area (Å²) >= 11 is 0. The first kappa shape index (κ1) is 30.1. The van der Waals surface area contributed by atoms with Gasteiger partial charge in [0.05, 0.1) is 17.7 Å². The van der Waals surface area contributed by atoms with Gasteiger partial charge in [0.15, 0.2) is 0 Å². The molecule has 1 aliphatic rings. The van der Waals surface area contributed by atoms with Gasteiger partial charge < -0.3 is 15.0 Å². The van der Waals surface area contributed by atoms with Crippen molar-refractivity contribution in [2.24, 2.45) is 0 Å². The number of carbonyl (C=O) groups excluding carboxylic acids is 2. The van der Waals surface area contributed by atoms with Crippen molar-refractivity contribution in [3.63, 3.8) is 0 Å². The summed E-state index contributed by atoms with van der Waals surface area (Å²) in [5, 5.41) is 3.12. The maximum atomic E-state index is 14.1. The molecule has 1 fully saturated rings. The maximum Gasteiger partial charge on any atom is 0.264 e. The molecule has 3 aromatic rings. The van der Waals surface area contributed by atoms with Crippen LogP contribution >= 0.6 is 0 Å². The molecule has 218 valence electrons. The Bertz CT molecular complexity index is 1420. The highest BCUT2D eigenvalue weighted by Gasteiger charge is 2.33. The lowest BCUT2D eigenvalue weighted by Crippen LogP contribution is -2.53. The number of anilines is 1. The number of sulfonamides is 1. The number of amides is 2. The van der Waals surface area contributed by atoms with E-state index in [4.69, 9.17) is 4.74 Å². The van der Waals surface area contributed by atoms with Crippen LogP contribution in [0.3, 0.4) is 0 Å². The van der Waals surface area contributed by atoms with Crippen molar-refractivity contribution >= 4 is 27.5 Å². The summed E-state index contributed by atoms with van der Waals surface area (Å²) in [5.41, 5.74) is 2.05. The molecule has 41 heavy (non-hydrogen) atoms. The van der Waals surface area contributed by atoms with Crippen molar-refractivity contribution in [1.29, 1.82) is 0 Å². The third-order valence-corrected chi connectivity index (χ3v) is 9.33. The second-order valence-electron chi connectivity index (χ2n) is 10.6. The minimum atomic E-state index is -4.14. The zero-order valence-electron chi connectivity index (χ0n) is 24.0. The Morgan fingerprint density at radius 3 is 2.29 bits per heavy atom. The molecule has 8 nitrogen and oxygen atoms in total. The quantitative estimate of drug-likeness (QED) is 0.344. The molecule has 0 saturated heterocycles. The predicted molar refractivity (Wildman–Crippen MR) is 160 cm³/mol. The summed E-state index contributed by atoms with van der Waals surface area (Å²) in [5.74, 6) is -0.269. The number of methoxy groups -OCH3 is 1. The molecule has 0 bridgehead atoms. The minimum absolute atomic E-state index is 0.0661. The van der Waals surface area contributed by atoms with Crippen LogP contribution in [0.2, 0.25) is 0 Å². The lowest BCUT2D eigenvalue weighted by Gasteiger charge is -2.33. The molecule has 1 aliphatic carbocycles. The Labute approximate surface area is 243 Å². The van der Waals surface area contributed by atoms with Gasteiger partial charge >= 0.3 is 0 Å². The van der Waals surface area contributed by atoms with Crippen molar-refractivity contribution in [2.45, 2.75) is 69.5 Å². The second-order valence-corrected chi connectivity index (χ2v) is 12.4. The van der Waals surface area contributed by atoms with Gasteiger partial charge in [-0.25, -0.2) is 8.42 Å². The van der Waals surface area contributed by atoms with Crippen LogP contribution in [0.25, 0.3) is 0 Å². The molecule has 0 aromatic heterocycles. The SMILES string of the molecule is COc1cccc(N(CC(=O)N(Cc2ccccc2)[C@@H](C)C(=O)NC2CCCCC2)S(=O)(=O)c2ccc(C)cc2)c1. The van der Waals surface area contributed by atoms with E-state index in [0.29, 0.717) is 5.75 Å². The molecular formula is C32H39N3O5S. The monoisotopic (exact) mass is 577 g/mol. The van der Waals surface area contributed by atoms with Crippen molar-refractivity contribution in [1.82, 2.24) is 10.2 Å². The Kier molecular flexibility index (Phi) is 10.0. The summed E-state index contributed by atoms with van der Waals surface area (Å²) in [6, 6.07) is 21.8. The highest BCUT2D eigenvalue weighted by Crippen LogP contribution is 2.28. The van der Waals surface area contributed by atoms with E-state index in [1.54, 1.807) is 43.3 Å². The number of hydrogen-bond acceptors (Lipinski definition) is 5. The van der Waals surface area contributed by atoms with Gasteiger partial charge in [-0.1, -0.05) is 73.4 Å². The average molecular weight is 578 g/mol. The van der Waals surface area contributed by atoms with E-state index >= 15 is 0 Å². The average Bonchev–Trinajstić information content (AvgIpc) is 2.99. The molecule has 1 atom stereocenters. The zero-order chi connectivity index (χ0) is 29.4. The molecule has 0 spiro atoms. The van der Waals surface area contributed by atoms with E-state index in [0.717, 1.165) is 47.5 Å². The Morgan fingerprint density at radius 1 is 0.951 bits per heavy atom. The molecule has 9 heteroatoms. The zero-order valence-corrected chi connectivity index (χ0v) is 24.8. The van der Waals surface area contributed by atoms with E-state index in [-0.39, 0.29) is 29.1 Å². The van der Waals surface area contributed by atoms with Gasteiger partial charge in [0, 0.05) is 18.7 Å². The first-order valence-electron chi connectivity index (χ1n) is 14.1. The summed E-state index contributed by atoms with van der Waals surface area (Å²) in [4.78, 5) is 29.0. The van der Waals surface area contributed by atoms with Crippen LogP contribution in [0.4, 0.5) is 5.69 Å². The fourth-order valence-corrected chi connectivity index (χ4v) is 6.47. The van der Waals surface area contributed by atoms with Crippen molar-refractivity contribution < 1.29 is 22.7 Å². The molecule has 0 aliphatic heterocycles. The molecule has 1 N–H and O–H groups in total. The van der Waals surface area contributed by atoms with E-state index in [1.807, 2.05) is 37.3 Å². The highest BCUT2D eigenvalue weighted by molar-refractivity contribution is 7.92. The molecule has 0 heterocycles. The third kappa shape index (κ3) is 7.67. The second kappa shape index (κ2) is 13.7. The topological polar surface area (TPSA) is 96.0 Å². The van der Waals surface area contributed by atoms with E-state index in [9.17, 15) is 18.0 Å². The number of carbonyl (C=O) groups is 2.